The highest BCUT2D eigenvalue weighted by Crippen LogP contribution is 2.23. The minimum atomic E-state index is 0.721. The Hall–Kier alpha value is -0.750. The van der Waals surface area contributed by atoms with Crippen molar-refractivity contribution < 1.29 is 4.74 Å². The molecule has 1 atom stereocenters. The van der Waals surface area contributed by atoms with E-state index in [1.165, 1.54) is 0 Å². The normalized spacial score (nSPS) is 9.73. The van der Waals surface area contributed by atoms with E-state index in [1.54, 1.807) is 7.11 Å². The zero-order chi connectivity index (χ0) is 8.43. The van der Waals surface area contributed by atoms with Gasteiger partial charge in [0.1, 0.15) is 5.75 Å². The van der Waals surface area contributed by atoms with Crippen molar-refractivity contribution >= 4 is 20.2 Å². The van der Waals surface area contributed by atoms with E-state index in [2.05, 4.69) is 9.24 Å². The van der Waals surface area contributed by atoms with Gasteiger partial charge in [0.15, 0.2) is 0 Å². The van der Waals surface area contributed by atoms with Crippen molar-refractivity contribution in [1.29, 1.82) is 0 Å². The second kappa shape index (κ2) is 3.10. The van der Waals surface area contributed by atoms with Crippen molar-refractivity contribution in [1.82, 2.24) is 0 Å². The summed E-state index contributed by atoms with van der Waals surface area (Å²) in [4.78, 5) is 0. The van der Waals surface area contributed by atoms with Gasteiger partial charge in [-0.05, 0) is 29.9 Å². The van der Waals surface area contributed by atoms with Gasteiger partial charge in [-0.15, -0.1) is 9.24 Å². The van der Waals surface area contributed by atoms with Crippen LogP contribution in [0.15, 0.2) is 12.1 Å². The average molecular weight is 169 g/mol. The first-order valence-electron chi connectivity index (χ1n) is 3.34. The van der Waals surface area contributed by atoms with Crippen LogP contribution in [-0.4, -0.2) is 7.11 Å². The largest absolute Gasteiger partial charge is 0.495 e. The van der Waals surface area contributed by atoms with Gasteiger partial charge in [0.25, 0.3) is 0 Å². The molecule has 0 saturated heterocycles. The van der Waals surface area contributed by atoms with Crippen molar-refractivity contribution in [2.75, 3.05) is 12.8 Å². The quantitative estimate of drug-likeness (QED) is 0.504. The summed E-state index contributed by atoms with van der Waals surface area (Å²) in [6.07, 6.45) is 0. The van der Waals surface area contributed by atoms with Crippen molar-refractivity contribution in [3.05, 3.63) is 17.7 Å². The maximum Gasteiger partial charge on any atom is 0.142 e. The number of aryl methyl sites for hydroxylation is 1. The summed E-state index contributed by atoms with van der Waals surface area (Å²) in [5.41, 5.74) is 7.50. The van der Waals surface area contributed by atoms with Crippen molar-refractivity contribution in [3.63, 3.8) is 0 Å². The lowest BCUT2D eigenvalue weighted by atomic mass is 10.2. The Labute approximate surface area is 68.9 Å². The lowest BCUT2D eigenvalue weighted by Crippen LogP contribution is -2.00. The molecule has 0 spiro atoms. The molecular weight excluding hydrogens is 157 g/mol. The fourth-order valence-corrected chi connectivity index (χ4v) is 1.36. The fraction of sp³-hybridized carbons (Fsp3) is 0.250. The van der Waals surface area contributed by atoms with Gasteiger partial charge in [0.05, 0.1) is 12.8 Å². The predicted octanol–water partition coefficient (Wildman–Crippen LogP) is 1.09. The zero-order valence-electron chi connectivity index (χ0n) is 6.72. The molecule has 0 aliphatic rings. The SMILES string of the molecule is COc1cc(P)cc(C)c1N. The Balaban J connectivity index is 3.24. The van der Waals surface area contributed by atoms with E-state index in [4.69, 9.17) is 10.5 Å². The number of hydrogen-bond acceptors (Lipinski definition) is 2. The number of benzene rings is 1. The first-order chi connectivity index (χ1) is 5.15. The summed E-state index contributed by atoms with van der Waals surface area (Å²) in [6, 6.07) is 3.90. The van der Waals surface area contributed by atoms with Crippen LogP contribution in [0.4, 0.5) is 5.69 Å². The molecule has 3 heteroatoms. The number of methoxy groups -OCH3 is 1. The van der Waals surface area contributed by atoms with Gasteiger partial charge in [0.2, 0.25) is 0 Å². The van der Waals surface area contributed by atoms with E-state index in [9.17, 15) is 0 Å². The number of nitrogen functional groups attached to an aromatic ring is 1. The Morgan fingerprint density at radius 3 is 2.64 bits per heavy atom. The molecule has 11 heavy (non-hydrogen) atoms. The van der Waals surface area contributed by atoms with E-state index < -0.39 is 0 Å². The summed E-state index contributed by atoms with van der Waals surface area (Å²) >= 11 is 0. The average Bonchev–Trinajstić information content (AvgIpc) is 1.96. The van der Waals surface area contributed by atoms with E-state index in [1.807, 2.05) is 19.1 Å². The third-order valence-corrected chi connectivity index (χ3v) is 1.92. The molecule has 0 saturated carbocycles. The van der Waals surface area contributed by atoms with Crippen LogP contribution in [-0.2, 0) is 0 Å². The fourth-order valence-electron chi connectivity index (χ4n) is 0.962. The van der Waals surface area contributed by atoms with Crippen LogP contribution in [0, 0.1) is 6.92 Å². The molecule has 2 N–H and O–H groups in total. The Morgan fingerprint density at radius 1 is 1.45 bits per heavy atom. The number of ether oxygens (including phenoxy) is 1. The van der Waals surface area contributed by atoms with Crippen molar-refractivity contribution in [3.8, 4) is 5.75 Å². The zero-order valence-corrected chi connectivity index (χ0v) is 7.87. The summed E-state index contributed by atoms with van der Waals surface area (Å²) in [5, 5.41) is 1.09. The first-order valence-corrected chi connectivity index (χ1v) is 3.92. The minimum absolute atomic E-state index is 0.721. The van der Waals surface area contributed by atoms with E-state index in [0.717, 1.165) is 22.3 Å². The molecule has 0 radical (unpaired) electrons. The van der Waals surface area contributed by atoms with Crippen LogP contribution < -0.4 is 15.8 Å². The number of anilines is 1. The van der Waals surface area contributed by atoms with Gasteiger partial charge in [-0.25, -0.2) is 0 Å². The van der Waals surface area contributed by atoms with E-state index in [0.29, 0.717) is 0 Å². The van der Waals surface area contributed by atoms with Crippen LogP contribution in [0.3, 0.4) is 0 Å². The highest BCUT2D eigenvalue weighted by Gasteiger charge is 2.01. The van der Waals surface area contributed by atoms with Gasteiger partial charge in [0, 0.05) is 0 Å². The van der Waals surface area contributed by atoms with E-state index in [-0.39, 0.29) is 0 Å². The Kier molecular flexibility index (Phi) is 2.35. The molecule has 1 aromatic rings. The van der Waals surface area contributed by atoms with Gasteiger partial charge < -0.3 is 10.5 Å². The molecule has 1 unspecified atom stereocenters. The maximum atomic E-state index is 5.73. The van der Waals surface area contributed by atoms with Crippen LogP contribution >= 0.6 is 9.24 Å². The maximum absolute atomic E-state index is 5.73. The third-order valence-electron chi connectivity index (χ3n) is 1.59. The van der Waals surface area contributed by atoms with E-state index >= 15 is 0 Å². The molecule has 0 fully saturated rings. The topological polar surface area (TPSA) is 35.2 Å². The van der Waals surface area contributed by atoms with Crippen LogP contribution in [0.25, 0.3) is 0 Å². The molecule has 0 aromatic heterocycles. The molecular formula is C8H12NOP. The highest BCUT2D eigenvalue weighted by atomic mass is 31.0. The van der Waals surface area contributed by atoms with Gasteiger partial charge in [-0.2, -0.15) is 0 Å². The van der Waals surface area contributed by atoms with Crippen molar-refractivity contribution in [2.24, 2.45) is 0 Å². The lowest BCUT2D eigenvalue weighted by Gasteiger charge is -2.07. The first kappa shape index (κ1) is 8.35. The predicted molar refractivity (Wildman–Crippen MR) is 51.5 cm³/mol. The van der Waals surface area contributed by atoms with Gasteiger partial charge >= 0.3 is 0 Å². The molecule has 0 aliphatic heterocycles. The standard InChI is InChI=1S/C8H12NOP/c1-5-3-6(11)4-7(10-2)8(5)9/h3-4H,9,11H2,1-2H3. The Bertz CT molecular complexity index is 273. The molecule has 60 valence electrons. The molecule has 1 rings (SSSR count). The molecule has 0 heterocycles. The van der Waals surface area contributed by atoms with Gasteiger partial charge in [-0.3, -0.25) is 0 Å². The Morgan fingerprint density at radius 2 is 2.09 bits per heavy atom. The lowest BCUT2D eigenvalue weighted by molar-refractivity contribution is 0.417. The monoisotopic (exact) mass is 169 g/mol. The van der Waals surface area contributed by atoms with Crippen LogP contribution in [0.5, 0.6) is 5.75 Å². The third kappa shape index (κ3) is 1.63. The molecule has 0 aliphatic carbocycles. The number of rotatable bonds is 1. The van der Waals surface area contributed by atoms with Crippen LogP contribution in [0.2, 0.25) is 0 Å². The van der Waals surface area contributed by atoms with Gasteiger partial charge in [-0.1, -0.05) is 0 Å². The van der Waals surface area contributed by atoms with Crippen molar-refractivity contribution in [2.45, 2.75) is 6.92 Å². The second-order valence-corrected chi connectivity index (χ2v) is 3.12. The number of nitrogens with two attached hydrogens (primary N) is 1. The summed E-state index contributed by atoms with van der Waals surface area (Å²) < 4.78 is 5.07. The second-order valence-electron chi connectivity index (χ2n) is 2.45. The summed E-state index contributed by atoms with van der Waals surface area (Å²) in [5.74, 6) is 0.745. The molecule has 2 nitrogen and oxygen atoms in total. The molecule has 0 bridgehead atoms. The van der Waals surface area contributed by atoms with Crippen LogP contribution in [0.1, 0.15) is 5.56 Å². The molecule has 1 aromatic carbocycles. The summed E-state index contributed by atoms with van der Waals surface area (Å²) in [6.45, 7) is 1.96. The minimum Gasteiger partial charge on any atom is -0.495 e. The molecule has 0 amide bonds. The number of hydrogen-bond donors (Lipinski definition) is 1. The summed E-state index contributed by atoms with van der Waals surface area (Å²) in [7, 11) is 4.23. The smallest absolute Gasteiger partial charge is 0.142 e. The highest BCUT2D eigenvalue weighted by molar-refractivity contribution is 7.27.